The minimum absolute atomic E-state index is 0.271. The van der Waals surface area contributed by atoms with Crippen molar-refractivity contribution in [3.05, 3.63) is 42.2 Å². The molecule has 2 rings (SSSR count). The van der Waals surface area contributed by atoms with Crippen LogP contribution in [0, 0.1) is 0 Å². The fourth-order valence-electron chi connectivity index (χ4n) is 2.05. The van der Waals surface area contributed by atoms with Gasteiger partial charge in [0.05, 0.1) is 18.4 Å². The van der Waals surface area contributed by atoms with E-state index in [2.05, 4.69) is 27.5 Å². The fourth-order valence-corrected chi connectivity index (χ4v) is 2.05. The normalized spacial score (nSPS) is 10.2. The van der Waals surface area contributed by atoms with Crippen LogP contribution in [0.3, 0.4) is 0 Å². The zero-order chi connectivity index (χ0) is 16.5. The first kappa shape index (κ1) is 16.7. The number of ether oxygens (including phenoxy) is 1. The quantitative estimate of drug-likeness (QED) is 0.731. The van der Waals surface area contributed by atoms with Gasteiger partial charge >= 0.3 is 0 Å². The summed E-state index contributed by atoms with van der Waals surface area (Å²) in [6.45, 7) is 2.99. The highest BCUT2D eigenvalue weighted by atomic mass is 16.5. The molecule has 23 heavy (non-hydrogen) atoms. The first-order chi connectivity index (χ1) is 11.2. The molecule has 1 aromatic heterocycles. The van der Waals surface area contributed by atoms with Gasteiger partial charge in [0.2, 0.25) is 5.95 Å². The van der Waals surface area contributed by atoms with Crippen LogP contribution in [0.2, 0.25) is 0 Å². The monoisotopic (exact) mass is 314 g/mol. The lowest BCUT2D eigenvalue weighted by molar-refractivity contribution is 0.102. The zero-order valence-electron chi connectivity index (χ0n) is 13.5. The zero-order valence-corrected chi connectivity index (χ0v) is 13.5. The summed E-state index contributed by atoms with van der Waals surface area (Å²) >= 11 is 0. The number of carbonyl (C=O) groups excluding carboxylic acids is 1. The molecule has 0 saturated heterocycles. The minimum Gasteiger partial charge on any atom is -0.495 e. The molecule has 0 aliphatic carbocycles. The number of anilines is 2. The Kier molecular flexibility index (Phi) is 6.35. The maximum Gasteiger partial charge on any atom is 0.258 e. The van der Waals surface area contributed by atoms with Crippen LogP contribution in [-0.4, -0.2) is 29.5 Å². The molecule has 0 saturated carbocycles. The number of aromatic nitrogens is 2. The SMILES string of the molecule is CCCCCNc1ncc(C(=O)Nc2ccccc2OC)cn1. The average molecular weight is 314 g/mol. The van der Waals surface area contributed by atoms with E-state index in [1.807, 2.05) is 12.1 Å². The Hall–Kier alpha value is -2.63. The minimum atomic E-state index is -0.271. The number of para-hydroxylation sites is 2. The number of amides is 1. The van der Waals surface area contributed by atoms with E-state index in [0.29, 0.717) is 22.9 Å². The van der Waals surface area contributed by atoms with Crippen LogP contribution in [0.4, 0.5) is 11.6 Å². The molecule has 0 fully saturated rings. The predicted molar refractivity (Wildman–Crippen MR) is 91.0 cm³/mol. The summed E-state index contributed by atoms with van der Waals surface area (Å²) in [6.07, 6.45) is 6.45. The molecule has 6 heteroatoms. The fraction of sp³-hybridized carbons (Fsp3) is 0.353. The Morgan fingerprint density at radius 1 is 1.17 bits per heavy atom. The second-order valence-corrected chi connectivity index (χ2v) is 5.08. The summed E-state index contributed by atoms with van der Waals surface area (Å²) in [4.78, 5) is 20.6. The molecule has 0 bridgehead atoms. The highest BCUT2D eigenvalue weighted by Gasteiger charge is 2.10. The molecule has 1 aromatic carbocycles. The van der Waals surface area contributed by atoms with Gasteiger partial charge in [0.25, 0.3) is 5.91 Å². The van der Waals surface area contributed by atoms with E-state index in [0.717, 1.165) is 13.0 Å². The van der Waals surface area contributed by atoms with Crippen LogP contribution < -0.4 is 15.4 Å². The van der Waals surface area contributed by atoms with Gasteiger partial charge in [0.1, 0.15) is 5.75 Å². The lowest BCUT2D eigenvalue weighted by atomic mass is 10.2. The molecule has 1 heterocycles. The molecule has 6 nitrogen and oxygen atoms in total. The van der Waals surface area contributed by atoms with Gasteiger partial charge in [-0.05, 0) is 18.6 Å². The maximum atomic E-state index is 12.2. The first-order valence-electron chi connectivity index (χ1n) is 7.75. The highest BCUT2D eigenvalue weighted by Crippen LogP contribution is 2.23. The van der Waals surface area contributed by atoms with Crippen molar-refractivity contribution in [1.29, 1.82) is 0 Å². The number of nitrogens with one attached hydrogen (secondary N) is 2. The van der Waals surface area contributed by atoms with Gasteiger partial charge in [-0.15, -0.1) is 0 Å². The average Bonchev–Trinajstić information content (AvgIpc) is 2.59. The number of benzene rings is 1. The second kappa shape index (κ2) is 8.73. The number of nitrogens with zero attached hydrogens (tertiary/aromatic N) is 2. The van der Waals surface area contributed by atoms with Crippen LogP contribution >= 0.6 is 0 Å². The number of unbranched alkanes of at least 4 members (excludes halogenated alkanes) is 2. The number of hydrogen-bond acceptors (Lipinski definition) is 5. The van der Waals surface area contributed by atoms with Crippen molar-refractivity contribution < 1.29 is 9.53 Å². The van der Waals surface area contributed by atoms with E-state index in [1.165, 1.54) is 25.2 Å². The third-order valence-electron chi connectivity index (χ3n) is 3.33. The first-order valence-corrected chi connectivity index (χ1v) is 7.75. The third-order valence-corrected chi connectivity index (χ3v) is 3.33. The Bertz CT molecular complexity index is 629. The Morgan fingerprint density at radius 2 is 1.91 bits per heavy atom. The third kappa shape index (κ3) is 4.95. The molecule has 0 aliphatic heterocycles. The van der Waals surface area contributed by atoms with Crippen molar-refractivity contribution >= 4 is 17.5 Å². The van der Waals surface area contributed by atoms with Gasteiger partial charge < -0.3 is 15.4 Å². The van der Waals surface area contributed by atoms with Gasteiger partial charge in [-0.1, -0.05) is 31.9 Å². The maximum absolute atomic E-state index is 12.2. The molecule has 122 valence electrons. The van der Waals surface area contributed by atoms with Crippen molar-refractivity contribution in [3.8, 4) is 5.75 Å². The highest BCUT2D eigenvalue weighted by molar-refractivity contribution is 6.04. The van der Waals surface area contributed by atoms with Crippen LogP contribution in [0.25, 0.3) is 0 Å². The number of methoxy groups -OCH3 is 1. The van der Waals surface area contributed by atoms with Crippen molar-refractivity contribution in [3.63, 3.8) is 0 Å². The molecular weight excluding hydrogens is 292 g/mol. The molecule has 2 N–H and O–H groups in total. The van der Waals surface area contributed by atoms with Crippen LogP contribution in [0.1, 0.15) is 36.5 Å². The van der Waals surface area contributed by atoms with Crippen molar-refractivity contribution in [2.45, 2.75) is 26.2 Å². The van der Waals surface area contributed by atoms with Crippen molar-refractivity contribution in [1.82, 2.24) is 9.97 Å². The van der Waals surface area contributed by atoms with E-state index in [-0.39, 0.29) is 5.91 Å². The van der Waals surface area contributed by atoms with Gasteiger partial charge in [0.15, 0.2) is 0 Å². The Balaban J connectivity index is 1.94. The summed E-state index contributed by atoms with van der Waals surface area (Å²) in [5, 5.41) is 5.93. The van der Waals surface area contributed by atoms with Gasteiger partial charge in [0, 0.05) is 18.9 Å². The van der Waals surface area contributed by atoms with Crippen LogP contribution in [-0.2, 0) is 0 Å². The number of hydrogen-bond donors (Lipinski definition) is 2. The van der Waals surface area contributed by atoms with E-state index < -0.39 is 0 Å². The standard InChI is InChI=1S/C17H22N4O2/c1-3-4-7-10-18-17-19-11-13(12-20-17)16(22)21-14-8-5-6-9-15(14)23-2/h5-6,8-9,11-12H,3-4,7,10H2,1-2H3,(H,21,22)(H,18,19,20). The molecule has 2 aromatic rings. The number of carbonyl (C=O) groups is 1. The largest absolute Gasteiger partial charge is 0.495 e. The molecular formula is C17H22N4O2. The van der Waals surface area contributed by atoms with Crippen molar-refractivity contribution in [2.75, 3.05) is 24.3 Å². The van der Waals surface area contributed by atoms with Crippen LogP contribution in [0.15, 0.2) is 36.7 Å². The van der Waals surface area contributed by atoms with Crippen LogP contribution in [0.5, 0.6) is 5.75 Å². The summed E-state index contributed by atoms with van der Waals surface area (Å²) in [6, 6.07) is 7.24. The van der Waals surface area contributed by atoms with Gasteiger partial charge in [-0.25, -0.2) is 9.97 Å². The lowest BCUT2D eigenvalue weighted by Crippen LogP contribution is -2.14. The predicted octanol–water partition coefficient (Wildman–Crippen LogP) is 3.34. The molecule has 0 unspecified atom stereocenters. The lowest BCUT2D eigenvalue weighted by Gasteiger charge is -2.10. The molecule has 0 atom stereocenters. The van der Waals surface area contributed by atoms with E-state index in [4.69, 9.17) is 4.74 Å². The van der Waals surface area contributed by atoms with E-state index >= 15 is 0 Å². The van der Waals surface area contributed by atoms with E-state index in [1.54, 1.807) is 19.2 Å². The van der Waals surface area contributed by atoms with Gasteiger partial charge in [-0.2, -0.15) is 0 Å². The molecule has 0 aliphatic rings. The topological polar surface area (TPSA) is 76.1 Å². The number of rotatable bonds is 8. The van der Waals surface area contributed by atoms with Gasteiger partial charge in [-0.3, -0.25) is 4.79 Å². The molecule has 0 spiro atoms. The summed E-state index contributed by atoms with van der Waals surface area (Å²) in [5.74, 6) is 0.873. The molecule has 1 amide bonds. The summed E-state index contributed by atoms with van der Waals surface area (Å²) < 4.78 is 5.21. The summed E-state index contributed by atoms with van der Waals surface area (Å²) in [7, 11) is 1.56. The molecule has 0 radical (unpaired) electrons. The second-order valence-electron chi connectivity index (χ2n) is 5.08. The Morgan fingerprint density at radius 3 is 2.61 bits per heavy atom. The van der Waals surface area contributed by atoms with E-state index in [9.17, 15) is 4.79 Å². The Labute approximate surface area is 136 Å². The summed E-state index contributed by atoms with van der Waals surface area (Å²) in [5.41, 5.74) is 1.01. The smallest absolute Gasteiger partial charge is 0.258 e. The van der Waals surface area contributed by atoms with Crippen molar-refractivity contribution in [2.24, 2.45) is 0 Å².